The van der Waals surface area contributed by atoms with Crippen molar-refractivity contribution < 1.29 is 18.7 Å². The van der Waals surface area contributed by atoms with E-state index in [-0.39, 0.29) is 12.5 Å². The fourth-order valence-electron chi connectivity index (χ4n) is 3.29. The molecule has 7 heteroatoms. The zero-order valence-corrected chi connectivity index (χ0v) is 16.9. The third kappa shape index (κ3) is 3.27. The Bertz CT molecular complexity index is 1220. The largest absolute Gasteiger partial charge is 0.485 e. The third-order valence-corrected chi connectivity index (χ3v) is 5.91. The maximum Gasteiger partial charge on any atom is 0.278 e. The monoisotopic (exact) mass is 420 g/mol. The molecule has 0 fully saturated rings. The zero-order valence-electron chi connectivity index (χ0n) is 16.0. The minimum atomic E-state index is -0.878. The predicted octanol–water partition coefficient (Wildman–Crippen LogP) is 5.25. The Morgan fingerprint density at radius 3 is 2.67 bits per heavy atom. The van der Waals surface area contributed by atoms with Crippen LogP contribution in [-0.4, -0.2) is 23.6 Å². The Hall–Kier alpha value is -3.45. The highest BCUT2D eigenvalue weighted by Gasteiger charge is 2.34. The van der Waals surface area contributed by atoms with Crippen molar-refractivity contribution in [3.8, 4) is 11.5 Å². The van der Waals surface area contributed by atoms with E-state index >= 15 is 0 Å². The Kier molecular flexibility index (Phi) is 4.59. The summed E-state index contributed by atoms with van der Waals surface area (Å²) in [7, 11) is 0. The first-order valence-electron chi connectivity index (χ1n) is 9.44. The number of carbonyl (C=O) groups is 1. The van der Waals surface area contributed by atoms with Gasteiger partial charge in [-0.3, -0.25) is 9.69 Å². The maximum atomic E-state index is 14.4. The average molecular weight is 420 g/mol. The van der Waals surface area contributed by atoms with E-state index in [0.29, 0.717) is 27.9 Å². The summed E-state index contributed by atoms with van der Waals surface area (Å²) in [6.45, 7) is 1.74. The topological polar surface area (TPSA) is 51.7 Å². The molecule has 3 aromatic carbocycles. The molecule has 1 atom stereocenters. The zero-order chi connectivity index (χ0) is 20.7. The molecule has 1 amide bonds. The summed E-state index contributed by atoms with van der Waals surface area (Å²) in [5.74, 6) is 0.334. The van der Waals surface area contributed by atoms with Gasteiger partial charge in [-0.25, -0.2) is 9.37 Å². The molecule has 2 heterocycles. The van der Waals surface area contributed by atoms with Gasteiger partial charge in [-0.2, -0.15) is 0 Å². The Morgan fingerprint density at radius 2 is 1.87 bits per heavy atom. The molecular formula is C23H17FN2O3S. The van der Waals surface area contributed by atoms with Gasteiger partial charge >= 0.3 is 0 Å². The number of benzene rings is 3. The average Bonchev–Trinajstić information content (AvgIpc) is 3.19. The number of thiazole rings is 1. The van der Waals surface area contributed by atoms with Gasteiger partial charge in [0.15, 0.2) is 16.6 Å². The molecule has 0 unspecified atom stereocenters. The molecule has 1 aliphatic heterocycles. The van der Waals surface area contributed by atoms with Crippen molar-refractivity contribution in [2.24, 2.45) is 0 Å². The molecule has 0 saturated heterocycles. The summed E-state index contributed by atoms with van der Waals surface area (Å²) in [4.78, 5) is 19.6. The molecule has 5 rings (SSSR count). The van der Waals surface area contributed by atoms with Crippen molar-refractivity contribution in [3.05, 3.63) is 78.1 Å². The summed E-state index contributed by atoms with van der Waals surface area (Å²) >= 11 is 1.36. The first-order valence-corrected chi connectivity index (χ1v) is 10.3. The van der Waals surface area contributed by atoms with Crippen LogP contribution in [-0.2, 0) is 4.79 Å². The second kappa shape index (κ2) is 7.42. The Balaban J connectivity index is 1.57. The lowest BCUT2D eigenvalue weighted by Gasteiger charge is -2.29. The molecule has 5 nitrogen and oxygen atoms in total. The van der Waals surface area contributed by atoms with Gasteiger partial charge < -0.3 is 9.47 Å². The number of nitrogens with zero attached hydrogens (tertiary/aromatic N) is 2. The number of hydrogen-bond acceptors (Lipinski definition) is 5. The molecule has 0 bridgehead atoms. The van der Waals surface area contributed by atoms with Crippen molar-refractivity contribution >= 4 is 38.3 Å². The quantitative estimate of drug-likeness (QED) is 0.454. The molecular weight excluding hydrogens is 403 g/mol. The van der Waals surface area contributed by atoms with Crippen LogP contribution in [0, 0.1) is 12.7 Å². The van der Waals surface area contributed by atoms with Gasteiger partial charge in [0.25, 0.3) is 5.91 Å². The molecule has 4 aromatic rings. The molecule has 150 valence electrons. The summed E-state index contributed by atoms with van der Waals surface area (Å²) < 4.78 is 26.9. The predicted molar refractivity (Wildman–Crippen MR) is 114 cm³/mol. The van der Waals surface area contributed by atoms with Crippen molar-refractivity contribution in [3.63, 3.8) is 0 Å². The SMILES string of the molecule is Cc1ccc(N(C(=O)[C@H]2COc3ccccc3O2)c2nc3ccccc3s2)cc1F. The highest BCUT2D eigenvalue weighted by atomic mass is 32.1. The number of carbonyl (C=O) groups excluding carboxylic acids is 1. The van der Waals surface area contributed by atoms with E-state index < -0.39 is 11.9 Å². The fraction of sp³-hybridized carbons (Fsp3) is 0.130. The smallest absolute Gasteiger partial charge is 0.278 e. The van der Waals surface area contributed by atoms with E-state index in [1.54, 1.807) is 31.2 Å². The van der Waals surface area contributed by atoms with Crippen LogP contribution in [0.2, 0.25) is 0 Å². The van der Waals surface area contributed by atoms with Crippen molar-refractivity contribution in [1.29, 1.82) is 0 Å². The highest BCUT2D eigenvalue weighted by molar-refractivity contribution is 7.22. The number of halogens is 1. The van der Waals surface area contributed by atoms with Crippen LogP contribution in [0.25, 0.3) is 10.2 Å². The van der Waals surface area contributed by atoms with E-state index in [2.05, 4.69) is 4.98 Å². The fourth-order valence-corrected chi connectivity index (χ4v) is 4.29. The standard InChI is InChI=1S/C23H17FN2O3S/c1-14-10-11-15(12-16(14)24)26(23-25-17-6-2-5-9-21(17)30-23)22(27)20-13-28-18-7-3-4-8-19(18)29-20/h2-12,20H,13H2,1H3/t20-/m1/s1. The van der Waals surface area contributed by atoms with Crippen LogP contribution >= 0.6 is 11.3 Å². The minimum absolute atomic E-state index is 0.0611. The van der Waals surface area contributed by atoms with Crippen molar-refractivity contribution in [2.45, 2.75) is 13.0 Å². The van der Waals surface area contributed by atoms with Gasteiger partial charge in [-0.1, -0.05) is 41.7 Å². The van der Waals surface area contributed by atoms with Gasteiger partial charge in [0, 0.05) is 0 Å². The lowest BCUT2D eigenvalue weighted by molar-refractivity contribution is -0.126. The van der Waals surface area contributed by atoms with Crippen LogP contribution < -0.4 is 14.4 Å². The summed E-state index contributed by atoms with van der Waals surface area (Å²) in [5, 5.41) is 0.451. The number of amides is 1. The van der Waals surface area contributed by atoms with Gasteiger partial charge in [-0.05, 0) is 48.9 Å². The normalized spacial score (nSPS) is 15.2. The Labute approximate surface area is 176 Å². The van der Waals surface area contributed by atoms with Crippen LogP contribution in [0.1, 0.15) is 5.56 Å². The maximum absolute atomic E-state index is 14.4. The minimum Gasteiger partial charge on any atom is -0.485 e. The van der Waals surface area contributed by atoms with E-state index in [1.165, 1.54) is 22.3 Å². The first-order chi connectivity index (χ1) is 14.6. The van der Waals surface area contributed by atoms with Crippen LogP contribution in [0.15, 0.2) is 66.7 Å². The first kappa shape index (κ1) is 18.6. The second-order valence-corrected chi connectivity index (χ2v) is 7.94. The number of ether oxygens (including phenoxy) is 2. The molecule has 0 aliphatic carbocycles. The highest BCUT2D eigenvalue weighted by Crippen LogP contribution is 2.37. The van der Waals surface area contributed by atoms with Crippen molar-refractivity contribution in [2.75, 3.05) is 11.5 Å². The number of aromatic nitrogens is 1. The van der Waals surface area contributed by atoms with E-state index in [9.17, 15) is 9.18 Å². The third-order valence-electron chi connectivity index (χ3n) is 4.89. The molecule has 0 spiro atoms. The van der Waals surface area contributed by atoms with Gasteiger partial charge in [0.1, 0.15) is 12.4 Å². The molecule has 1 aliphatic rings. The number of fused-ring (bicyclic) bond motifs is 2. The Morgan fingerprint density at radius 1 is 1.10 bits per heavy atom. The molecule has 0 saturated carbocycles. The van der Waals surface area contributed by atoms with E-state index in [1.807, 2.05) is 36.4 Å². The number of hydrogen-bond donors (Lipinski definition) is 0. The molecule has 30 heavy (non-hydrogen) atoms. The lowest BCUT2D eigenvalue weighted by atomic mass is 10.2. The second-order valence-electron chi connectivity index (χ2n) is 6.94. The molecule has 0 N–H and O–H groups in total. The van der Waals surface area contributed by atoms with Crippen LogP contribution in [0.4, 0.5) is 15.2 Å². The van der Waals surface area contributed by atoms with Crippen molar-refractivity contribution in [1.82, 2.24) is 4.98 Å². The lowest BCUT2D eigenvalue weighted by Crippen LogP contribution is -2.44. The van der Waals surface area contributed by atoms with Gasteiger partial charge in [-0.15, -0.1) is 0 Å². The number of rotatable bonds is 3. The number of para-hydroxylation sites is 3. The van der Waals surface area contributed by atoms with Gasteiger partial charge in [0.05, 0.1) is 15.9 Å². The van der Waals surface area contributed by atoms with Crippen LogP contribution in [0.3, 0.4) is 0 Å². The summed E-state index contributed by atoms with van der Waals surface area (Å²) in [5.41, 5.74) is 1.67. The number of anilines is 2. The van der Waals surface area contributed by atoms with Crippen LogP contribution in [0.5, 0.6) is 11.5 Å². The number of aryl methyl sites for hydroxylation is 1. The summed E-state index contributed by atoms with van der Waals surface area (Å²) in [6, 6.07) is 19.5. The molecule has 0 radical (unpaired) electrons. The summed E-state index contributed by atoms with van der Waals surface area (Å²) in [6.07, 6.45) is -0.878. The molecule has 1 aromatic heterocycles. The van der Waals surface area contributed by atoms with E-state index in [4.69, 9.17) is 9.47 Å². The van der Waals surface area contributed by atoms with Gasteiger partial charge in [0.2, 0.25) is 6.10 Å². The van der Waals surface area contributed by atoms with E-state index in [0.717, 1.165) is 10.2 Å².